The number of amides is 1. The van der Waals surface area contributed by atoms with Gasteiger partial charge in [0.25, 0.3) is 0 Å². The normalized spacial score (nSPS) is 14.2. The van der Waals surface area contributed by atoms with Crippen molar-refractivity contribution in [1.29, 1.82) is 0 Å². The third-order valence-corrected chi connectivity index (χ3v) is 5.39. The molecule has 0 radical (unpaired) electrons. The number of carbonyl (C=O) groups excluding carboxylic acids is 1. The van der Waals surface area contributed by atoms with Crippen LogP contribution >= 0.6 is 22.9 Å². The number of benzene rings is 1. The predicted molar refractivity (Wildman–Crippen MR) is 93.8 cm³/mol. The zero-order chi connectivity index (χ0) is 16.7. The van der Waals surface area contributed by atoms with Crippen LogP contribution in [0.5, 0.6) is 0 Å². The highest BCUT2D eigenvalue weighted by atomic mass is 35.5. The minimum Gasteiger partial charge on any atom is -0.326 e. The summed E-state index contributed by atoms with van der Waals surface area (Å²) in [5.41, 5.74) is 1.70. The number of rotatable bonds is 5. The summed E-state index contributed by atoms with van der Waals surface area (Å²) >= 11 is 7.57. The number of fused-ring (bicyclic) bond motifs is 1. The van der Waals surface area contributed by atoms with Gasteiger partial charge in [-0.3, -0.25) is 4.79 Å². The van der Waals surface area contributed by atoms with Crippen molar-refractivity contribution in [3.63, 3.8) is 0 Å². The number of nitrogens with one attached hydrogen (secondary N) is 1. The number of aromatic nitrogens is 4. The lowest BCUT2D eigenvalue weighted by Gasteiger charge is -2.06. The Balaban J connectivity index is 1.39. The second kappa shape index (κ2) is 6.14. The van der Waals surface area contributed by atoms with E-state index >= 15 is 0 Å². The van der Waals surface area contributed by atoms with Crippen molar-refractivity contribution in [2.75, 3.05) is 5.32 Å². The van der Waals surface area contributed by atoms with E-state index in [1.807, 2.05) is 23.6 Å². The third-order valence-electron chi connectivity index (χ3n) is 4.02. The summed E-state index contributed by atoms with van der Waals surface area (Å²) in [6, 6.07) is 5.50. The zero-order valence-electron chi connectivity index (χ0n) is 13.1. The van der Waals surface area contributed by atoms with Gasteiger partial charge in [-0.1, -0.05) is 29.0 Å². The van der Waals surface area contributed by atoms with Crippen LogP contribution in [0.25, 0.3) is 4.96 Å². The quantitative estimate of drug-likeness (QED) is 0.753. The second-order valence-electron chi connectivity index (χ2n) is 6.03. The minimum atomic E-state index is -0.0525. The van der Waals surface area contributed by atoms with Crippen LogP contribution in [0.3, 0.4) is 0 Å². The standard InChI is InChI=1S/C16H16ClN5OS/c1-9-2-5-11(8-12(9)17)18-13(23)6-7-14-21-22-15(10-3-4-10)19-20-16(22)24-14/h2,5,8,10H,3-4,6-7H2,1H3,(H,18,23). The molecule has 1 fully saturated rings. The van der Waals surface area contributed by atoms with Crippen LogP contribution in [0.15, 0.2) is 18.2 Å². The van der Waals surface area contributed by atoms with Crippen LogP contribution in [0.2, 0.25) is 5.02 Å². The molecule has 0 atom stereocenters. The van der Waals surface area contributed by atoms with E-state index in [0.29, 0.717) is 29.5 Å². The molecule has 0 unspecified atom stereocenters. The molecule has 24 heavy (non-hydrogen) atoms. The first-order chi connectivity index (χ1) is 11.6. The van der Waals surface area contributed by atoms with Gasteiger partial charge < -0.3 is 5.32 Å². The number of aryl methyl sites for hydroxylation is 2. The summed E-state index contributed by atoms with van der Waals surface area (Å²) in [6.07, 6.45) is 3.28. The molecule has 8 heteroatoms. The van der Waals surface area contributed by atoms with Gasteiger partial charge in [0.1, 0.15) is 5.01 Å². The highest BCUT2D eigenvalue weighted by molar-refractivity contribution is 7.16. The Morgan fingerprint density at radius 3 is 3.00 bits per heavy atom. The van der Waals surface area contributed by atoms with Crippen LogP contribution < -0.4 is 5.32 Å². The molecule has 1 N–H and O–H groups in total. The number of anilines is 1. The van der Waals surface area contributed by atoms with E-state index < -0.39 is 0 Å². The van der Waals surface area contributed by atoms with Crippen molar-refractivity contribution < 1.29 is 4.79 Å². The van der Waals surface area contributed by atoms with Gasteiger partial charge in [-0.05, 0) is 37.5 Å². The van der Waals surface area contributed by atoms with Gasteiger partial charge in [-0.25, -0.2) is 0 Å². The summed E-state index contributed by atoms with van der Waals surface area (Å²) in [5.74, 6) is 1.40. The van der Waals surface area contributed by atoms with Gasteiger partial charge in [0, 0.05) is 29.5 Å². The van der Waals surface area contributed by atoms with Crippen molar-refractivity contribution in [3.8, 4) is 0 Å². The topological polar surface area (TPSA) is 72.2 Å². The summed E-state index contributed by atoms with van der Waals surface area (Å²) < 4.78 is 1.83. The van der Waals surface area contributed by atoms with Crippen LogP contribution in [-0.2, 0) is 11.2 Å². The molecule has 0 saturated heterocycles. The Morgan fingerprint density at radius 1 is 1.42 bits per heavy atom. The van der Waals surface area contributed by atoms with Crippen molar-refractivity contribution in [2.45, 2.75) is 38.5 Å². The fourth-order valence-corrected chi connectivity index (χ4v) is 3.50. The van der Waals surface area contributed by atoms with Crippen LogP contribution in [0, 0.1) is 6.92 Å². The highest BCUT2D eigenvalue weighted by Gasteiger charge is 2.30. The molecule has 6 nitrogen and oxygen atoms in total. The molecular formula is C16H16ClN5OS. The lowest BCUT2D eigenvalue weighted by Crippen LogP contribution is -2.12. The molecule has 0 aliphatic heterocycles. The largest absolute Gasteiger partial charge is 0.326 e. The molecule has 1 amide bonds. The maximum Gasteiger partial charge on any atom is 0.234 e. The monoisotopic (exact) mass is 361 g/mol. The number of hydrogen-bond donors (Lipinski definition) is 1. The third kappa shape index (κ3) is 3.14. The van der Waals surface area contributed by atoms with Gasteiger partial charge in [-0.2, -0.15) is 9.61 Å². The smallest absolute Gasteiger partial charge is 0.234 e. The summed E-state index contributed by atoms with van der Waals surface area (Å²) in [6.45, 7) is 1.93. The Kier molecular flexibility index (Phi) is 3.97. The zero-order valence-corrected chi connectivity index (χ0v) is 14.7. The van der Waals surface area contributed by atoms with Gasteiger partial charge in [0.05, 0.1) is 0 Å². The SMILES string of the molecule is Cc1ccc(NC(=O)CCc2nn3c(C4CC4)nnc3s2)cc1Cl. The summed E-state index contributed by atoms with van der Waals surface area (Å²) in [4.78, 5) is 12.9. The maximum absolute atomic E-state index is 12.1. The van der Waals surface area contributed by atoms with Gasteiger partial charge in [-0.15, -0.1) is 10.2 Å². The van der Waals surface area contributed by atoms with Crippen molar-refractivity contribution in [3.05, 3.63) is 39.6 Å². The molecule has 1 aromatic carbocycles. The first-order valence-electron chi connectivity index (χ1n) is 7.87. The molecule has 1 aliphatic rings. The maximum atomic E-state index is 12.1. The van der Waals surface area contributed by atoms with Gasteiger partial charge >= 0.3 is 0 Å². The van der Waals surface area contributed by atoms with Crippen molar-refractivity contribution in [2.24, 2.45) is 0 Å². The Hall–Kier alpha value is -1.99. The summed E-state index contributed by atoms with van der Waals surface area (Å²) in [7, 11) is 0. The Labute approximate surface area is 147 Å². The lowest BCUT2D eigenvalue weighted by atomic mass is 10.2. The average molecular weight is 362 g/mol. The van der Waals surface area contributed by atoms with E-state index in [-0.39, 0.29) is 5.91 Å². The van der Waals surface area contributed by atoms with Gasteiger partial charge in [0.15, 0.2) is 5.82 Å². The van der Waals surface area contributed by atoms with Gasteiger partial charge in [0.2, 0.25) is 10.9 Å². The second-order valence-corrected chi connectivity index (χ2v) is 7.48. The van der Waals surface area contributed by atoms with Crippen LogP contribution in [-0.4, -0.2) is 25.7 Å². The van der Waals surface area contributed by atoms with E-state index in [9.17, 15) is 4.79 Å². The molecular weight excluding hydrogens is 346 g/mol. The van der Waals surface area contributed by atoms with Crippen LogP contribution in [0.1, 0.15) is 41.6 Å². The molecule has 3 aromatic rings. The minimum absolute atomic E-state index is 0.0525. The van der Waals surface area contributed by atoms with E-state index in [4.69, 9.17) is 11.6 Å². The first kappa shape index (κ1) is 15.5. The van der Waals surface area contributed by atoms with E-state index in [2.05, 4.69) is 20.6 Å². The molecule has 1 aliphatic carbocycles. The average Bonchev–Trinajstić information content (AvgIpc) is 3.18. The summed E-state index contributed by atoms with van der Waals surface area (Å²) in [5, 5.41) is 17.3. The van der Waals surface area contributed by atoms with E-state index in [1.54, 1.807) is 6.07 Å². The van der Waals surface area contributed by atoms with Crippen molar-refractivity contribution >= 4 is 39.5 Å². The number of nitrogens with zero attached hydrogens (tertiary/aromatic N) is 4. The molecule has 0 spiro atoms. The van der Waals surface area contributed by atoms with Crippen LogP contribution in [0.4, 0.5) is 5.69 Å². The molecule has 0 bridgehead atoms. The number of carbonyl (C=O) groups is 1. The van der Waals surface area contributed by atoms with E-state index in [0.717, 1.165) is 34.2 Å². The number of hydrogen-bond acceptors (Lipinski definition) is 5. The van der Waals surface area contributed by atoms with E-state index in [1.165, 1.54) is 11.3 Å². The molecule has 2 aromatic heterocycles. The highest BCUT2D eigenvalue weighted by Crippen LogP contribution is 2.39. The Morgan fingerprint density at radius 2 is 2.25 bits per heavy atom. The fraction of sp³-hybridized carbons (Fsp3) is 0.375. The van der Waals surface area contributed by atoms with Crippen molar-refractivity contribution in [1.82, 2.24) is 19.8 Å². The molecule has 4 rings (SSSR count). The molecule has 124 valence electrons. The predicted octanol–water partition coefficient (Wildman–Crippen LogP) is 3.60. The molecule has 2 heterocycles. The number of halogens is 1. The Bertz CT molecular complexity index is 914. The lowest BCUT2D eigenvalue weighted by molar-refractivity contribution is -0.116. The first-order valence-corrected chi connectivity index (χ1v) is 9.06. The fourth-order valence-electron chi connectivity index (χ4n) is 2.48. The molecule has 1 saturated carbocycles.